The molecule has 0 aromatic heterocycles. The predicted octanol–water partition coefficient (Wildman–Crippen LogP) is 4.00. The first kappa shape index (κ1) is 13.8. The van der Waals surface area contributed by atoms with Crippen LogP contribution in [-0.2, 0) is 4.79 Å². The molecule has 0 saturated heterocycles. The Labute approximate surface area is 106 Å². The van der Waals surface area contributed by atoms with Gasteiger partial charge in [-0.05, 0) is 31.1 Å². The van der Waals surface area contributed by atoms with Crippen molar-refractivity contribution in [1.82, 2.24) is 0 Å². The van der Waals surface area contributed by atoms with Crippen LogP contribution in [0.3, 0.4) is 0 Å². The molecule has 16 heavy (non-hydrogen) atoms. The fraction of sp³-hybridized carbons (Fsp3) is 0.769. The smallest absolute Gasteiger partial charge is 0.330 e. The molecule has 0 atom stereocenters. The molecule has 2 nitrogen and oxygen atoms in total. The van der Waals surface area contributed by atoms with Gasteiger partial charge in [0, 0.05) is 10.9 Å². The van der Waals surface area contributed by atoms with Crippen molar-refractivity contribution in [2.45, 2.75) is 44.9 Å². The zero-order valence-corrected chi connectivity index (χ0v) is 11.3. The number of carboxylic acids is 1. The van der Waals surface area contributed by atoms with Gasteiger partial charge in [0.1, 0.15) is 0 Å². The number of rotatable bonds is 4. The highest BCUT2D eigenvalue weighted by Gasteiger charge is 2.20. The van der Waals surface area contributed by atoms with Crippen molar-refractivity contribution in [1.29, 1.82) is 0 Å². The van der Waals surface area contributed by atoms with Crippen LogP contribution in [0.1, 0.15) is 44.9 Å². The molecule has 0 spiro atoms. The summed E-state index contributed by atoms with van der Waals surface area (Å²) in [6.45, 7) is 3.48. The largest absolute Gasteiger partial charge is 0.478 e. The molecule has 0 amide bonds. The number of hydrogen-bond donors (Lipinski definition) is 1. The van der Waals surface area contributed by atoms with E-state index < -0.39 is 5.97 Å². The lowest BCUT2D eigenvalue weighted by molar-refractivity contribution is -0.132. The van der Waals surface area contributed by atoms with Crippen LogP contribution in [0.25, 0.3) is 0 Å². The van der Waals surface area contributed by atoms with Crippen molar-refractivity contribution >= 4 is 21.9 Å². The average molecular weight is 289 g/mol. The molecule has 3 heteroatoms. The van der Waals surface area contributed by atoms with Crippen LogP contribution in [0.4, 0.5) is 0 Å². The van der Waals surface area contributed by atoms with Crippen LogP contribution >= 0.6 is 15.9 Å². The summed E-state index contributed by atoms with van der Waals surface area (Å²) in [5.74, 6) is 0.806. The van der Waals surface area contributed by atoms with Gasteiger partial charge in [0.05, 0.1) is 0 Å². The van der Waals surface area contributed by atoms with Gasteiger partial charge in [0.25, 0.3) is 0 Å². The van der Waals surface area contributed by atoms with Gasteiger partial charge in [-0.25, -0.2) is 4.79 Å². The van der Waals surface area contributed by atoms with Gasteiger partial charge >= 0.3 is 5.97 Å². The highest BCUT2D eigenvalue weighted by atomic mass is 79.9. The molecule has 2 saturated carbocycles. The minimum Gasteiger partial charge on any atom is -0.478 e. The Bertz CT molecular complexity index is 240. The maximum absolute atomic E-state index is 10.3. The molecule has 2 rings (SSSR count). The number of hydrogen-bond acceptors (Lipinski definition) is 1. The van der Waals surface area contributed by atoms with E-state index in [0.29, 0.717) is 17.9 Å². The molecule has 2 aliphatic carbocycles. The molecular weight excluding hydrogens is 268 g/mol. The molecular formula is C13H21BrO2. The first-order valence-corrected chi connectivity index (χ1v) is 7.22. The summed E-state index contributed by atoms with van der Waals surface area (Å²) < 4.78 is 0. The van der Waals surface area contributed by atoms with Gasteiger partial charge < -0.3 is 5.11 Å². The summed E-state index contributed by atoms with van der Waals surface area (Å²) >= 11 is 3.43. The molecule has 0 bridgehead atoms. The summed E-state index contributed by atoms with van der Waals surface area (Å²) in [5, 5.41) is 9.68. The van der Waals surface area contributed by atoms with Crippen LogP contribution < -0.4 is 0 Å². The minimum atomic E-state index is -0.841. The number of aliphatic carboxylic acids is 1. The highest BCUT2D eigenvalue weighted by Crippen LogP contribution is 2.31. The first-order valence-electron chi connectivity index (χ1n) is 6.10. The Morgan fingerprint density at radius 1 is 1.19 bits per heavy atom. The van der Waals surface area contributed by atoms with Gasteiger partial charge in [-0.2, -0.15) is 0 Å². The Hall–Kier alpha value is -0.310. The van der Waals surface area contributed by atoms with E-state index in [1.54, 1.807) is 0 Å². The van der Waals surface area contributed by atoms with E-state index in [4.69, 9.17) is 5.11 Å². The number of halogens is 1. The molecule has 0 radical (unpaired) electrons. The van der Waals surface area contributed by atoms with Crippen LogP contribution in [0.5, 0.6) is 0 Å². The van der Waals surface area contributed by atoms with Crippen molar-refractivity contribution in [3.8, 4) is 0 Å². The van der Waals surface area contributed by atoms with E-state index in [9.17, 15) is 4.79 Å². The molecule has 0 aliphatic heterocycles. The van der Waals surface area contributed by atoms with Gasteiger partial charge in [-0.1, -0.05) is 48.2 Å². The lowest BCUT2D eigenvalue weighted by Gasteiger charge is -2.24. The maximum atomic E-state index is 10.3. The molecule has 0 aromatic carbocycles. The molecule has 2 aliphatic rings. The number of alkyl halides is 1. The van der Waals surface area contributed by atoms with Crippen LogP contribution in [0.15, 0.2) is 12.2 Å². The summed E-state index contributed by atoms with van der Waals surface area (Å²) in [7, 11) is 0. The fourth-order valence-corrected chi connectivity index (χ4v) is 2.43. The molecule has 92 valence electrons. The topological polar surface area (TPSA) is 37.3 Å². The molecule has 2 fully saturated rings. The first-order chi connectivity index (χ1) is 7.63. The maximum Gasteiger partial charge on any atom is 0.330 e. The molecule has 0 heterocycles. The second-order valence-electron chi connectivity index (χ2n) is 4.86. The van der Waals surface area contributed by atoms with E-state index in [0.717, 1.165) is 5.92 Å². The van der Waals surface area contributed by atoms with E-state index >= 15 is 0 Å². The zero-order valence-electron chi connectivity index (χ0n) is 9.75. The molecule has 0 aromatic rings. The number of carboxylic acid groups (broad SMARTS) is 1. The lowest BCUT2D eigenvalue weighted by atomic mass is 9.81. The van der Waals surface area contributed by atoms with E-state index in [1.807, 2.05) is 0 Å². The minimum absolute atomic E-state index is 0.365. The van der Waals surface area contributed by atoms with Crippen molar-refractivity contribution < 1.29 is 9.90 Å². The zero-order chi connectivity index (χ0) is 12.0. The second-order valence-corrected chi connectivity index (χ2v) is 5.51. The molecule has 1 N–H and O–H groups in total. The van der Waals surface area contributed by atoms with E-state index in [1.165, 1.54) is 43.9 Å². The van der Waals surface area contributed by atoms with Gasteiger partial charge in [0.15, 0.2) is 0 Å². The van der Waals surface area contributed by atoms with Crippen molar-refractivity contribution in [3.63, 3.8) is 0 Å². The second kappa shape index (κ2) is 7.10. The monoisotopic (exact) mass is 288 g/mol. The Balaban J connectivity index is 0.000000181. The standard InChI is InChI=1S/C8H12O2.C5H9Br/c1-6(8(9)10)5-7-3-2-4-7;6-4-5-2-1-3-5/h7H,1-5H2,(H,9,10);5H,1-4H2. The van der Waals surface area contributed by atoms with E-state index in [2.05, 4.69) is 22.5 Å². The Morgan fingerprint density at radius 3 is 1.88 bits per heavy atom. The Morgan fingerprint density at radius 2 is 1.69 bits per heavy atom. The normalized spacial score (nSPS) is 20.1. The lowest BCUT2D eigenvalue weighted by Crippen LogP contribution is -2.14. The van der Waals surface area contributed by atoms with Gasteiger partial charge in [-0.3, -0.25) is 0 Å². The SMILES string of the molecule is BrCC1CCC1.C=C(CC1CCC1)C(=O)O. The van der Waals surface area contributed by atoms with Gasteiger partial charge in [-0.15, -0.1) is 0 Å². The summed E-state index contributed by atoms with van der Waals surface area (Å²) in [4.78, 5) is 10.3. The quantitative estimate of drug-likeness (QED) is 0.627. The summed E-state index contributed by atoms with van der Waals surface area (Å²) in [5.41, 5.74) is 0.365. The third-order valence-corrected chi connectivity index (χ3v) is 4.42. The van der Waals surface area contributed by atoms with Crippen molar-refractivity contribution in [3.05, 3.63) is 12.2 Å². The summed E-state index contributed by atoms with van der Waals surface area (Å²) in [6.07, 6.45) is 8.72. The van der Waals surface area contributed by atoms with E-state index in [-0.39, 0.29) is 0 Å². The van der Waals surface area contributed by atoms with Crippen LogP contribution in [0.2, 0.25) is 0 Å². The highest BCUT2D eigenvalue weighted by molar-refractivity contribution is 9.09. The van der Waals surface area contributed by atoms with Crippen molar-refractivity contribution in [2.75, 3.05) is 5.33 Å². The fourth-order valence-electron chi connectivity index (χ4n) is 1.78. The third-order valence-electron chi connectivity index (χ3n) is 3.51. The number of carbonyl (C=O) groups is 1. The predicted molar refractivity (Wildman–Crippen MR) is 69.9 cm³/mol. The Kier molecular flexibility index (Phi) is 6.10. The van der Waals surface area contributed by atoms with Crippen molar-refractivity contribution in [2.24, 2.45) is 11.8 Å². The van der Waals surface area contributed by atoms with Crippen LogP contribution in [0, 0.1) is 11.8 Å². The van der Waals surface area contributed by atoms with Gasteiger partial charge in [0.2, 0.25) is 0 Å². The molecule has 0 unspecified atom stereocenters. The third kappa shape index (κ3) is 4.69. The average Bonchev–Trinajstić information content (AvgIpc) is 2.10. The van der Waals surface area contributed by atoms with Crippen LogP contribution in [-0.4, -0.2) is 16.4 Å². The summed E-state index contributed by atoms with van der Waals surface area (Å²) in [6, 6.07) is 0.